The second-order valence-electron chi connectivity index (χ2n) is 3.46. The molecule has 4 nitrogen and oxygen atoms in total. The summed E-state index contributed by atoms with van der Waals surface area (Å²) in [4.78, 5) is 11.8. The zero-order chi connectivity index (χ0) is 13.0. The maximum atomic E-state index is 12.9. The van der Waals surface area contributed by atoms with Crippen LogP contribution < -0.4 is 15.8 Å². The van der Waals surface area contributed by atoms with Crippen LogP contribution in [0.25, 0.3) is 0 Å². The molecule has 1 aromatic rings. The Morgan fingerprint density at radius 1 is 1.59 bits per heavy atom. The number of carbonyl (C=O) groups is 1. The first kappa shape index (κ1) is 13.4. The molecule has 0 aliphatic carbocycles. The fourth-order valence-electron chi connectivity index (χ4n) is 1.14. The molecular weight excluding hydrogens is 243 g/mol. The van der Waals surface area contributed by atoms with Crippen molar-refractivity contribution in [2.75, 3.05) is 12.4 Å². The minimum Gasteiger partial charge on any atom is -0.494 e. The van der Waals surface area contributed by atoms with Gasteiger partial charge >= 0.3 is 0 Å². The van der Waals surface area contributed by atoms with Gasteiger partial charge in [-0.2, -0.15) is 0 Å². The largest absolute Gasteiger partial charge is 0.494 e. The Kier molecular flexibility index (Phi) is 4.39. The predicted octanol–water partition coefficient (Wildman–Crippen LogP) is 1.69. The molecule has 0 saturated heterocycles. The number of halogens is 1. The minimum atomic E-state index is -0.597. The van der Waals surface area contributed by atoms with Crippen molar-refractivity contribution in [1.82, 2.24) is 0 Å². The summed E-state index contributed by atoms with van der Waals surface area (Å²) in [7, 11) is 1.39. The van der Waals surface area contributed by atoms with E-state index in [2.05, 4.69) is 5.32 Å². The summed E-state index contributed by atoms with van der Waals surface area (Å²) in [6.07, 6.45) is 0. The van der Waals surface area contributed by atoms with Gasteiger partial charge in [-0.1, -0.05) is 12.2 Å². The number of benzene rings is 1. The van der Waals surface area contributed by atoms with Gasteiger partial charge in [0, 0.05) is 6.07 Å². The van der Waals surface area contributed by atoms with E-state index in [0.29, 0.717) is 5.69 Å². The lowest BCUT2D eigenvalue weighted by Crippen LogP contribution is -2.30. The van der Waals surface area contributed by atoms with Crippen molar-refractivity contribution in [1.29, 1.82) is 0 Å². The van der Waals surface area contributed by atoms with Crippen molar-refractivity contribution in [2.24, 2.45) is 11.7 Å². The molecule has 0 radical (unpaired) electrons. The highest BCUT2D eigenvalue weighted by molar-refractivity contribution is 7.80. The van der Waals surface area contributed by atoms with Crippen LogP contribution in [0.1, 0.15) is 6.92 Å². The summed E-state index contributed by atoms with van der Waals surface area (Å²) >= 11 is 4.72. The third-order valence-electron chi connectivity index (χ3n) is 2.24. The van der Waals surface area contributed by atoms with Crippen molar-refractivity contribution in [3.63, 3.8) is 0 Å². The standard InChI is InChI=1S/C11H13FN2O2S/c1-6(10(13)17)11(15)14-8-4-3-7(12)5-9(8)16-2/h3-6H,1-2H3,(H2,13,17)(H,14,15). The van der Waals surface area contributed by atoms with E-state index in [4.69, 9.17) is 22.7 Å². The molecule has 1 amide bonds. The van der Waals surface area contributed by atoms with E-state index in [9.17, 15) is 9.18 Å². The van der Waals surface area contributed by atoms with Gasteiger partial charge in [0.25, 0.3) is 0 Å². The van der Waals surface area contributed by atoms with Crippen LogP contribution >= 0.6 is 12.2 Å². The Bertz CT molecular complexity index is 451. The second kappa shape index (κ2) is 5.58. The van der Waals surface area contributed by atoms with Crippen molar-refractivity contribution in [2.45, 2.75) is 6.92 Å². The number of thiocarbonyl (C=S) groups is 1. The Labute approximate surface area is 104 Å². The Morgan fingerprint density at radius 3 is 2.76 bits per heavy atom. The van der Waals surface area contributed by atoms with E-state index in [1.807, 2.05) is 0 Å². The third kappa shape index (κ3) is 3.39. The molecule has 0 aliphatic rings. The average molecular weight is 256 g/mol. The van der Waals surface area contributed by atoms with Gasteiger partial charge in [-0.05, 0) is 19.1 Å². The topological polar surface area (TPSA) is 64.3 Å². The summed E-state index contributed by atoms with van der Waals surface area (Å²) in [5.74, 6) is -1.15. The van der Waals surface area contributed by atoms with E-state index in [0.717, 1.165) is 0 Å². The van der Waals surface area contributed by atoms with Gasteiger partial charge in [0.2, 0.25) is 5.91 Å². The maximum absolute atomic E-state index is 12.9. The van der Waals surface area contributed by atoms with E-state index < -0.39 is 11.7 Å². The molecule has 0 aliphatic heterocycles. The highest BCUT2D eigenvalue weighted by Crippen LogP contribution is 2.25. The van der Waals surface area contributed by atoms with Crippen LogP contribution in [0.15, 0.2) is 18.2 Å². The molecule has 3 N–H and O–H groups in total. The monoisotopic (exact) mass is 256 g/mol. The highest BCUT2D eigenvalue weighted by atomic mass is 32.1. The van der Waals surface area contributed by atoms with Crippen molar-refractivity contribution < 1.29 is 13.9 Å². The van der Waals surface area contributed by atoms with Crippen LogP contribution in [0.3, 0.4) is 0 Å². The molecule has 0 saturated carbocycles. The average Bonchev–Trinajstić information content (AvgIpc) is 2.30. The van der Waals surface area contributed by atoms with E-state index >= 15 is 0 Å². The smallest absolute Gasteiger partial charge is 0.234 e. The third-order valence-corrected chi connectivity index (χ3v) is 2.60. The molecule has 92 valence electrons. The van der Waals surface area contributed by atoms with Gasteiger partial charge in [0.1, 0.15) is 11.6 Å². The number of methoxy groups -OCH3 is 1. The lowest BCUT2D eigenvalue weighted by atomic mass is 10.1. The lowest BCUT2D eigenvalue weighted by Gasteiger charge is -2.13. The molecule has 1 rings (SSSR count). The number of nitrogens with two attached hydrogens (primary N) is 1. The number of hydrogen-bond acceptors (Lipinski definition) is 3. The number of anilines is 1. The molecule has 0 aromatic heterocycles. The molecule has 0 spiro atoms. The fourth-order valence-corrected chi connectivity index (χ4v) is 1.25. The van der Waals surface area contributed by atoms with Crippen LogP contribution in [0.2, 0.25) is 0 Å². The Morgan fingerprint density at radius 2 is 2.24 bits per heavy atom. The number of ether oxygens (including phenoxy) is 1. The molecular formula is C11H13FN2O2S. The number of hydrogen-bond donors (Lipinski definition) is 2. The highest BCUT2D eigenvalue weighted by Gasteiger charge is 2.17. The Hall–Kier alpha value is -1.69. The van der Waals surface area contributed by atoms with Crippen LogP contribution in [0, 0.1) is 11.7 Å². The minimum absolute atomic E-state index is 0.101. The quantitative estimate of drug-likeness (QED) is 0.805. The van der Waals surface area contributed by atoms with E-state index in [-0.39, 0.29) is 16.6 Å². The van der Waals surface area contributed by atoms with Gasteiger partial charge < -0.3 is 15.8 Å². The van der Waals surface area contributed by atoms with Gasteiger partial charge in [-0.3, -0.25) is 4.79 Å². The number of amides is 1. The fraction of sp³-hybridized carbons (Fsp3) is 0.273. The zero-order valence-corrected chi connectivity index (χ0v) is 10.3. The van der Waals surface area contributed by atoms with Crippen LogP contribution in [0.4, 0.5) is 10.1 Å². The lowest BCUT2D eigenvalue weighted by molar-refractivity contribution is -0.117. The van der Waals surface area contributed by atoms with Crippen molar-refractivity contribution in [3.05, 3.63) is 24.0 Å². The van der Waals surface area contributed by atoms with Crippen LogP contribution in [0.5, 0.6) is 5.75 Å². The maximum Gasteiger partial charge on any atom is 0.234 e. The van der Waals surface area contributed by atoms with Gasteiger partial charge in [0.15, 0.2) is 0 Å². The number of nitrogens with one attached hydrogen (secondary N) is 1. The van der Waals surface area contributed by atoms with E-state index in [1.54, 1.807) is 6.92 Å². The second-order valence-corrected chi connectivity index (χ2v) is 3.93. The Balaban J connectivity index is 2.88. The van der Waals surface area contributed by atoms with Crippen LogP contribution in [-0.2, 0) is 4.79 Å². The molecule has 17 heavy (non-hydrogen) atoms. The summed E-state index contributed by atoms with van der Waals surface area (Å²) in [5.41, 5.74) is 5.74. The van der Waals surface area contributed by atoms with Crippen LogP contribution in [-0.4, -0.2) is 18.0 Å². The molecule has 1 unspecified atom stereocenters. The molecule has 6 heteroatoms. The van der Waals surface area contributed by atoms with Gasteiger partial charge in [-0.25, -0.2) is 4.39 Å². The summed E-state index contributed by atoms with van der Waals surface area (Å²) < 4.78 is 17.9. The van der Waals surface area contributed by atoms with Crippen molar-refractivity contribution in [3.8, 4) is 5.75 Å². The number of carbonyl (C=O) groups excluding carboxylic acids is 1. The summed E-state index contributed by atoms with van der Waals surface area (Å²) in [6, 6.07) is 3.82. The van der Waals surface area contributed by atoms with Crippen molar-refractivity contribution >= 4 is 28.8 Å². The molecule has 0 fully saturated rings. The normalized spacial score (nSPS) is 11.7. The molecule has 0 heterocycles. The summed E-state index contributed by atoms with van der Waals surface area (Å²) in [6.45, 7) is 1.59. The first-order valence-electron chi connectivity index (χ1n) is 4.89. The first-order chi connectivity index (χ1) is 7.95. The number of rotatable bonds is 4. The predicted molar refractivity (Wildman–Crippen MR) is 67.5 cm³/mol. The zero-order valence-electron chi connectivity index (χ0n) is 9.49. The molecule has 1 aromatic carbocycles. The van der Waals surface area contributed by atoms with E-state index in [1.165, 1.54) is 25.3 Å². The SMILES string of the molecule is COc1cc(F)ccc1NC(=O)C(C)C(N)=S. The summed E-state index contributed by atoms with van der Waals surface area (Å²) in [5, 5.41) is 2.57. The molecule has 1 atom stereocenters. The first-order valence-corrected chi connectivity index (χ1v) is 5.30. The van der Waals surface area contributed by atoms with Gasteiger partial charge in [0.05, 0.1) is 23.7 Å². The van der Waals surface area contributed by atoms with Gasteiger partial charge in [-0.15, -0.1) is 0 Å². The molecule has 0 bridgehead atoms.